The topological polar surface area (TPSA) is 79.3 Å². The summed E-state index contributed by atoms with van der Waals surface area (Å²) in [5.41, 5.74) is 2.08. The van der Waals surface area contributed by atoms with Crippen LogP contribution < -0.4 is 5.32 Å². The van der Waals surface area contributed by atoms with Gasteiger partial charge in [-0.25, -0.2) is 4.79 Å². The van der Waals surface area contributed by atoms with Gasteiger partial charge in [0.1, 0.15) is 0 Å². The molecule has 0 radical (unpaired) electrons. The van der Waals surface area contributed by atoms with Crippen LogP contribution in [-0.2, 0) is 6.54 Å². The quantitative estimate of drug-likeness (QED) is 0.890. The maximum absolute atomic E-state index is 12.1. The zero-order valence-corrected chi connectivity index (χ0v) is 12.8. The van der Waals surface area contributed by atoms with Crippen molar-refractivity contribution in [1.29, 1.82) is 0 Å². The van der Waals surface area contributed by atoms with E-state index in [4.69, 9.17) is 5.11 Å². The lowest BCUT2D eigenvalue weighted by Gasteiger charge is -2.08. The Morgan fingerprint density at radius 2 is 2.05 bits per heavy atom. The van der Waals surface area contributed by atoms with Gasteiger partial charge in [0.25, 0.3) is 5.91 Å². The van der Waals surface area contributed by atoms with E-state index in [0.717, 1.165) is 10.0 Å². The van der Waals surface area contributed by atoms with Crippen molar-refractivity contribution in [3.63, 3.8) is 0 Å². The normalized spacial score (nSPS) is 10.2. The predicted molar refractivity (Wildman–Crippen MR) is 81.2 cm³/mol. The number of pyridine rings is 1. The van der Waals surface area contributed by atoms with Gasteiger partial charge in [0.2, 0.25) is 0 Å². The van der Waals surface area contributed by atoms with Crippen LogP contribution in [0.4, 0.5) is 0 Å². The lowest BCUT2D eigenvalue weighted by molar-refractivity contribution is 0.0696. The zero-order chi connectivity index (χ0) is 15.4. The Balaban J connectivity index is 2.07. The largest absolute Gasteiger partial charge is 0.478 e. The number of nitrogens with one attached hydrogen (secondary N) is 1. The summed E-state index contributed by atoms with van der Waals surface area (Å²) in [6.07, 6.45) is 1.41. The molecule has 1 aromatic heterocycles. The molecule has 0 aliphatic heterocycles. The summed E-state index contributed by atoms with van der Waals surface area (Å²) in [7, 11) is 0. The number of aromatic nitrogens is 1. The highest BCUT2D eigenvalue weighted by Crippen LogP contribution is 2.15. The van der Waals surface area contributed by atoms with Gasteiger partial charge in [-0.2, -0.15) is 0 Å². The molecule has 1 amide bonds. The van der Waals surface area contributed by atoms with E-state index in [2.05, 4.69) is 26.2 Å². The Morgan fingerprint density at radius 1 is 1.29 bits per heavy atom. The second kappa shape index (κ2) is 6.49. The number of hydrogen-bond acceptors (Lipinski definition) is 3. The maximum atomic E-state index is 12.1. The highest BCUT2D eigenvalue weighted by atomic mass is 79.9. The summed E-state index contributed by atoms with van der Waals surface area (Å²) in [4.78, 5) is 27.0. The van der Waals surface area contributed by atoms with Gasteiger partial charge in [0.05, 0.1) is 17.8 Å². The van der Waals surface area contributed by atoms with Crippen molar-refractivity contribution in [2.75, 3.05) is 0 Å². The van der Waals surface area contributed by atoms with Crippen LogP contribution >= 0.6 is 15.9 Å². The fourth-order valence-corrected chi connectivity index (χ4v) is 2.33. The predicted octanol–water partition coefficient (Wildman–Crippen LogP) is 2.78. The van der Waals surface area contributed by atoms with Gasteiger partial charge in [0.15, 0.2) is 0 Å². The number of aryl methyl sites for hydroxylation is 1. The standard InChI is InChI=1S/C15H13BrN2O3/c1-9-6-11(16)2-3-13(9)14(19)18-8-12-7-10(15(20)21)4-5-17-12/h2-7H,8H2,1H3,(H,18,19)(H,20,21). The molecule has 5 nitrogen and oxygen atoms in total. The number of carboxylic acid groups (broad SMARTS) is 1. The number of carboxylic acids is 1. The Kier molecular flexibility index (Phi) is 4.70. The Labute approximate surface area is 130 Å². The van der Waals surface area contributed by atoms with Crippen LogP contribution in [0.1, 0.15) is 32.0 Å². The second-order valence-electron chi connectivity index (χ2n) is 4.48. The molecular formula is C15H13BrN2O3. The van der Waals surface area contributed by atoms with E-state index in [1.54, 1.807) is 12.1 Å². The highest BCUT2D eigenvalue weighted by Gasteiger charge is 2.10. The van der Waals surface area contributed by atoms with Crippen molar-refractivity contribution >= 4 is 27.8 Å². The number of amides is 1. The average molecular weight is 349 g/mol. The van der Waals surface area contributed by atoms with Gasteiger partial charge in [0, 0.05) is 16.2 Å². The average Bonchev–Trinajstić information content (AvgIpc) is 2.45. The van der Waals surface area contributed by atoms with Crippen molar-refractivity contribution < 1.29 is 14.7 Å². The first-order valence-corrected chi connectivity index (χ1v) is 6.99. The van der Waals surface area contributed by atoms with E-state index in [-0.39, 0.29) is 18.0 Å². The van der Waals surface area contributed by atoms with Crippen molar-refractivity contribution in [2.45, 2.75) is 13.5 Å². The van der Waals surface area contributed by atoms with Gasteiger partial charge in [-0.3, -0.25) is 9.78 Å². The Hall–Kier alpha value is -2.21. The Bertz CT molecular complexity index is 701. The monoisotopic (exact) mass is 348 g/mol. The SMILES string of the molecule is Cc1cc(Br)ccc1C(=O)NCc1cc(C(=O)O)ccn1. The first kappa shape index (κ1) is 15.2. The van der Waals surface area contributed by atoms with Gasteiger partial charge < -0.3 is 10.4 Å². The fraction of sp³-hybridized carbons (Fsp3) is 0.133. The number of aromatic carboxylic acids is 1. The molecule has 0 saturated heterocycles. The smallest absolute Gasteiger partial charge is 0.335 e. The van der Waals surface area contributed by atoms with Crippen molar-refractivity contribution in [2.24, 2.45) is 0 Å². The molecule has 0 bridgehead atoms. The third-order valence-corrected chi connectivity index (χ3v) is 3.42. The fourth-order valence-electron chi connectivity index (χ4n) is 1.86. The van der Waals surface area contributed by atoms with Crippen LogP contribution in [0.5, 0.6) is 0 Å². The summed E-state index contributed by atoms with van der Waals surface area (Å²) in [5.74, 6) is -1.24. The molecule has 21 heavy (non-hydrogen) atoms. The van der Waals surface area contributed by atoms with Crippen LogP contribution in [-0.4, -0.2) is 22.0 Å². The highest BCUT2D eigenvalue weighted by molar-refractivity contribution is 9.10. The minimum atomic E-state index is -1.02. The maximum Gasteiger partial charge on any atom is 0.335 e. The van der Waals surface area contributed by atoms with E-state index in [1.165, 1.54) is 18.3 Å². The number of benzene rings is 1. The van der Waals surface area contributed by atoms with E-state index in [9.17, 15) is 9.59 Å². The first-order chi connectivity index (χ1) is 9.97. The van der Waals surface area contributed by atoms with Gasteiger partial charge >= 0.3 is 5.97 Å². The zero-order valence-electron chi connectivity index (χ0n) is 11.3. The van der Waals surface area contributed by atoms with Crippen LogP contribution in [0.15, 0.2) is 41.0 Å². The summed E-state index contributed by atoms with van der Waals surface area (Å²) < 4.78 is 0.910. The summed E-state index contributed by atoms with van der Waals surface area (Å²) in [6.45, 7) is 2.03. The molecule has 0 saturated carbocycles. The van der Waals surface area contributed by atoms with Crippen LogP contribution in [0.3, 0.4) is 0 Å². The molecule has 1 heterocycles. The number of rotatable bonds is 4. The molecule has 0 fully saturated rings. The van der Waals surface area contributed by atoms with Crippen LogP contribution in [0.2, 0.25) is 0 Å². The van der Waals surface area contributed by atoms with Crippen LogP contribution in [0, 0.1) is 6.92 Å². The lowest BCUT2D eigenvalue weighted by Crippen LogP contribution is -2.24. The molecule has 2 aromatic rings. The van der Waals surface area contributed by atoms with Crippen molar-refractivity contribution in [3.8, 4) is 0 Å². The molecule has 0 spiro atoms. The lowest BCUT2D eigenvalue weighted by atomic mass is 10.1. The molecule has 6 heteroatoms. The number of nitrogens with zero attached hydrogens (tertiary/aromatic N) is 1. The minimum absolute atomic E-state index is 0.147. The number of halogens is 1. The molecule has 2 rings (SSSR count). The van der Waals surface area contributed by atoms with Gasteiger partial charge in [-0.1, -0.05) is 15.9 Å². The van der Waals surface area contributed by atoms with Gasteiger partial charge in [-0.05, 0) is 42.8 Å². The molecular weight excluding hydrogens is 336 g/mol. The van der Waals surface area contributed by atoms with E-state index in [1.807, 2.05) is 13.0 Å². The summed E-state index contributed by atoms with van der Waals surface area (Å²) >= 11 is 3.35. The Morgan fingerprint density at radius 3 is 2.71 bits per heavy atom. The molecule has 0 unspecified atom stereocenters. The number of carbonyl (C=O) groups excluding carboxylic acids is 1. The first-order valence-electron chi connectivity index (χ1n) is 6.20. The van der Waals surface area contributed by atoms with Crippen molar-refractivity contribution in [1.82, 2.24) is 10.3 Å². The number of carbonyl (C=O) groups is 2. The molecule has 1 aromatic carbocycles. The molecule has 108 valence electrons. The third-order valence-electron chi connectivity index (χ3n) is 2.93. The van der Waals surface area contributed by atoms with E-state index < -0.39 is 5.97 Å². The number of hydrogen-bond donors (Lipinski definition) is 2. The van der Waals surface area contributed by atoms with E-state index >= 15 is 0 Å². The molecule has 2 N–H and O–H groups in total. The third kappa shape index (κ3) is 3.88. The van der Waals surface area contributed by atoms with Gasteiger partial charge in [-0.15, -0.1) is 0 Å². The van der Waals surface area contributed by atoms with Crippen LogP contribution in [0.25, 0.3) is 0 Å². The molecule has 0 atom stereocenters. The summed E-state index contributed by atoms with van der Waals surface area (Å²) in [6, 6.07) is 8.24. The summed E-state index contributed by atoms with van der Waals surface area (Å²) in [5, 5.41) is 11.6. The van der Waals surface area contributed by atoms with E-state index in [0.29, 0.717) is 11.3 Å². The molecule has 0 aliphatic rings. The minimum Gasteiger partial charge on any atom is -0.478 e. The molecule has 0 aliphatic carbocycles. The van der Waals surface area contributed by atoms with Crippen molar-refractivity contribution in [3.05, 3.63) is 63.4 Å². The second-order valence-corrected chi connectivity index (χ2v) is 5.40.